The van der Waals surface area contributed by atoms with Crippen LogP contribution >= 0.6 is 45.3 Å². The summed E-state index contributed by atoms with van der Waals surface area (Å²) in [6.45, 7) is 0. The Morgan fingerprint density at radius 1 is 0.658 bits per heavy atom. The average molecular weight is 561 g/mol. The molecule has 38 heavy (non-hydrogen) atoms. The molecule has 0 radical (unpaired) electrons. The zero-order valence-corrected chi connectivity index (χ0v) is 22.9. The topological polar surface area (TPSA) is 73.4 Å². The molecule has 0 saturated carbocycles. The first kappa shape index (κ1) is 24.2. The van der Waals surface area contributed by atoms with Gasteiger partial charge < -0.3 is 0 Å². The number of hydrogen-bond donors (Lipinski definition) is 0. The maximum Gasteiger partial charge on any atom is 0.101 e. The summed E-state index contributed by atoms with van der Waals surface area (Å²) in [5.41, 5.74) is 4.99. The van der Waals surface area contributed by atoms with Crippen molar-refractivity contribution in [2.24, 2.45) is 0 Å². The highest BCUT2D eigenvalue weighted by Gasteiger charge is 2.10. The molecule has 0 saturated heterocycles. The zero-order chi connectivity index (χ0) is 25.9. The Bertz CT molecular complexity index is 1750. The van der Waals surface area contributed by atoms with Crippen molar-refractivity contribution in [2.45, 2.75) is 0 Å². The molecule has 4 nitrogen and oxygen atoms in total. The summed E-state index contributed by atoms with van der Waals surface area (Å²) in [7, 11) is 0. The monoisotopic (exact) mass is 560 g/mol. The van der Waals surface area contributed by atoms with Crippen molar-refractivity contribution >= 4 is 79.7 Å². The van der Waals surface area contributed by atoms with Crippen molar-refractivity contribution in [3.8, 4) is 33.0 Å². The third kappa shape index (κ3) is 4.99. The van der Waals surface area contributed by atoms with Gasteiger partial charge in [-0.1, -0.05) is 12.1 Å². The smallest absolute Gasteiger partial charge is 0.101 e. The van der Waals surface area contributed by atoms with E-state index in [1.165, 1.54) is 0 Å². The van der Waals surface area contributed by atoms with Crippen LogP contribution in [0.4, 0.5) is 0 Å². The third-order valence-corrected chi connectivity index (χ3v) is 9.71. The van der Waals surface area contributed by atoms with Gasteiger partial charge in [-0.2, -0.15) is 10.5 Å². The lowest BCUT2D eigenvalue weighted by Gasteiger charge is -2.03. The van der Waals surface area contributed by atoms with Crippen molar-refractivity contribution in [1.29, 1.82) is 10.5 Å². The van der Waals surface area contributed by atoms with Crippen molar-refractivity contribution in [1.82, 2.24) is 9.97 Å². The highest BCUT2D eigenvalue weighted by Crippen LogP contribution is 2.34. The van der Waals surface area contributed by atoms with Gasteiger partial charge in [-0.3, -0.25) is 9.97 Å². The largest absolute Gasteiger partial charge is 0.254 e. The fourth-order valence-corrected chi connectivity index (χ4v) is 7.16. The Balaban J connectivity index is 1.25. The van der Waals surface area contributed by atoms with Gasteiger partial charge in [0.05, 0.1) is 22.2 Å². The summed E-state index contributed by atoms with van der Waals surface area (Å²) in [6.07, 6.45) is 7.62. The average Bonchev–Trinajstić information content (AvgIpc) is 3.77. The Morgan fingerprint density at radius 3 is 1.53 bits per heavy atom. The minimum Gasteiger partial charge on any atom is -0.254 e. The van der Waals surface area contributed by atoms with E-state index in [1.807, 2.05) is 71.7 Å². The molecule has 0 atom stereocenters. The predicted molar refractivity (Wildman–Crippen MR) is 162 cm³/mol. The van der Waals surface area contributed by atoms with Crippen LogP contribution in [0.2, 0.25) is 0 Å². The summed E-state index contributed by atoms with van der Waals surface area (Å²) in [4.78, 5) is 15.5. The first-order valence-electron chi connectivity index (χ1n) is 11.5. The molecule has 0 bridgehead atoms. The molecule has 0 fully saturated rings. The van der Waals surface area contributed by atoms with E-state index in [-0.39, 0.29) is 0 Å². The fraction of sp³-hybridized carbons (Fsp3) is 0. The van der Waals surface area contributed by atoms with Gasteiger partial charge in [-0.25, -0.2) is 0 Å². The molecular weight excluding hydrogens is 545 g/mol. The molecule has 8 heteroatoms. The quantitative estimate of drug-likeness (QED) is 0.190. The molecule has 0 aliphatic heterocycles. The molecule has 0 aliphatic carbocycles. The Kier molecular flexibility index (Phi) is 6.78. The molecule has 6 aromatic rings. The number of aromatic nitrogens is 2. The first-order valence-corrected chi connectivity index (χ1v) is 14.9. The summed E-state index contributed by atoms with van der Waals surface area (Å²) < 4.78 is 0. The van der Waals surface area contributed by atoms with Crippen molar-refractivity contribution in [2.75, 3.05) is 0 Å². The van der Waals surface area contributed by atoms with Crippen molar-refractivity contribution in [3.05, 3.63) is 103 Å². The lowest BCUT2D eigenvalue weighted by molar-refractivity contribution is 1.34. The van der Waals surface area contributed by atoms with Gasteiger partial charge in [0.1, 0.15) is 12.1 Å². The summed E-state index contributed by atoms with van der Waals surface area (Å²) in [5, 5.41) is 23.1. The Labute approximate surface area is 235 Å². The summed E-state index contributed by atoms with van der Waals surface area (Å²) in [5.74, 6) is 0. The molecule has 0 aliphatic rings. The lowest BCUT2D eigenvalue weighted by Crippen LogP contribution is -1.86. The van der Waals surface area contributed by atoms with Crippen LogP contribution in [0, 0.1) is 22.7 Å². The van der Waals surface area contributed by atoms with Gasteiger partial charge in [0, 0.05) is 52.8 Å². The van der Waals surface area contributed by atoms with Gasteiger partial charge in [0.2, 0.25) is 0 Å². The van der Waals surface area contributed by atoms with Crippen LogP contribution < -0.4 is 0 Å². The van der Waals surface area contributed by atoms with E-state index in [0.29, 0.717) is 11.1 Å². The second-order valence-corrected chi connectivity index (χ2v) is 12.3. The van der Waals surface area contributed by atoms with Crippen LogP contribution in [0.15, 0.2) is 83.8 Å². The lowest BCUT2D eigenvalue weighted by atomic mass is 10.1. The summed E-state index contributed by atoms with van der Waals surface area (Å²) >= 11 is 6.38. The van der Waals surface area contributed by atoms with E-state index < -0.39 is 0 Å². The second-order valence-electron chi connectivity index (χ2n) is 8.18. The number of pyridine rings is 2. The second kappa shape index (κ2) is 10.7. The molecule has 0 amide bonds. The van der Waals surface area contributed by atoms with E-state index in [0.717, 1.165) is 51.4 Å². The molecule has 0 N–H and O–H groups in total. The maximum absolute atomic E-state index is 9.56. The molecule has 0 aromatic carbocycles. The molecule has 180 valence electrons. The number of allylic oxidation sites excluding steroid dienone is 2. The SMILES string of the molecule is N#C/C(=C\c1ccc(-c2cnc3cc(-c4ccc(/C=C(\C#N)c5cccs5)s4)cnc3c2)s1)c1cccs1. The van der Waals surface area contributed by atoms with Crippen LogP contribution in [0.1, 0.15) is 19.5 Å². The van der Waals surface area contributed by atoms with Crippen LogP contribution in [0.5, 0.6) is 0 Å². The predicted octanol–water partition coefficient (Wildman–Crippen LogP) is 9.34. The minimum absolute atomic E-state index is 0.668. The number of hydrogen-bond acceptors (Lipinski definition) is 8. The third-order valence-electron chi connectivity index (χ3n) is 5.74. The van der Waals surface area contributed by atoms with Gasteiger partial charge in [-0.15, -0.1) is 45.3 Å². The normalized spacial score (nSPS) is 11.9. The number of fused-ring (bicyclic) bond motifs is 1. The van der Waals surface area contributed by atoms with Gasteiger partial charge >= 0.3 is 0 Å². The molecule has 6 heterocycles. The van der Waals surface area contributed by atoms with Gasteiger partial charge in [0.25, 0.3) is 0 Å². The van der Waals surface area contributed by atoms with E-state index in [4.69, 9.17) is 9.97 Å². The van der Waals surface area contributed by atoms with Crippen LogP contribution in [-0.2, 0) is 0 Å². The number of thiophene rings is 4. The van der Waals surface area contributed by atoms with E-state index in [9.17, 15) is 10.5 Å². The van der Waals surface area contributed by atoms with Crippen LogP contribution in [0.3, 0.4) is 0 Å². The molecule has 6 rings (SSSR count). The fourth-order valence-electron chi connectivity index (χ4n) is 3.91. The van der Waals surface area contributed by atoms with E-state index >= 15 is 0 Å². The van der Waals surface area contributed by atoms with Gasteiger partial charge in [-0.05, 0) is 71.4 Å². The maximum atomic E-state index is 9.56. The summed E-state index contributed by atoms with van der Waals surface area (Å²) in [6, 6.07) is 24.7. The number of nitrogens with zero attached hydrogens (tertiary/aromatic N) is 4. The molecular formula is C30H16N4S4. The number of rotatable bonds is 6. The van der Waals surface area contributed by atoms with E-state index in [1.54, 1.807) is 45.3 Å². The zero-order valence-electron chi connectivity index (χ0n) is 19.7. The van der Waals surface area contributed by atoms with Crippen LogP contribution in [-0.4, -0.2) is 9.97 Å². The Morgan fingerprint density at radius 2 is 1.13 bits per heavy atom. The van der Waals surface area contributed by atoms with Crippen molar-refractivity contribution < 1.29 is 0 Å². The molecule has 0 unspecified atom stereocenters. The first-order chi connectivity index (χ1) is 18.7. The molecule has 6 aromatic heterocycles. The Hall–Kier alpha value is -4.18. The number of nitriles is 2. The van der Waals surface area contributed by atoms with Crippen LogP contribution in [0.25, 0.3) is 55.2 Å². The highest BCUT2D eigenvalue weighted by atomic mass is 32.1. The standard InChI is InChI=1S/C30H16N4S4/c31-15-19(27-3-1-9-35-27)11-23-5-7-29(37-23)21-13-25-26(33-17-21)14-22(18-34-25)30-8-6-24(38-30)12-20(16-32)28-4-2-10-36-28/h1-14,17-18H/b19-11+,20-12+. The minimum atomic E-state index is 0.668. The van der Waals surface area contributed by atoms with Gasteiger partial charge in [0.15, 0.2) is 0 Å². The van der Waals surface area contributed by atoms with E-state index in [2.05, 4.69) is 36.4 Å². The van der Waals surface area contributed by atoms with Crippen molar-refractivity contribution in [3.63, 3.8) is 0 Å². The molecule has 0 spiro atoms. The highest BCUT2D eigenvalue weighted by molar-refractivity contribution is 7.17.